The Balaban J connectivity index is 2.17. The number of ether oxygens (including phenoxy) is 1. The second-order valence-corrected chi connectivity index (χ2v) is 4.89. The average molecular weight is 239 g/mol. The highest BCUT2D eigenvalue weighted by Crippen LogP contribution is 2.29. The molecule has 94 valence electrons. The molecule has 17 heavy (non-hydrogen) atoms. The maximum atomic E-state index is 11.1. The summed E-state index contributed by atoms with van der Waals surface area (Å²) in [7, 11) is 0. The number of aromatic nitrogens is 1. The van der Waals surface area contributed by atoms with E-state index in [4.69, 9.17) is 14.3 Å². The molecule has 0 spiro atoms. The van der Waals surface area contributed by atoms with Gasteiger partial charge in [0.25, 0.3) is 0 Å². The minimum absolute atomic E-state index is 0.252. The molecule has 0 unspecified atom stereocenters. The van der Waals surface area contributed by atoms with Crippen molar-refractivity contribution in [1.82, 2.24) is 4.98 Å². The number of nitrogens with zero attached hydrogens (tertiary/aromatic N) is 1. The molecule has 0 atom stereocenters. The van der Waals surface area contributed by atoms with Gasteiger partial charge in [0, 0.05) is 19.1 Å². The predicted octanol–water partition coefficient (Wildman–Crippen LogP) is 1.93. The van der Waals surface area contributed by atoms with Crippen LogP contribution in [0.2, 0.25) is 0 Å². The molecule has 1 saturated heterocycles. The topological polar surface area (TPSA) is 72.6 Å². The smallest absolute Gasteiger partial charge is 0.315 e. The van der Waals surface area contributed by atoms with Crippen molar-refractivity contribution in [2.24, 2.45) is 0 Å². The molecule has 2 rings (SSSR count). The molecule has 5 heteroatoms. The first-order valence-corrected chi connectivity index (χ1v) is 5.79. The first kappa shape index (κ1) is 12.1. The Morgan fingerprint density at radius 2 is 2.12 bits per heavy atom. The Labute approximate surface area is 99.8 Å². The van der Waals surface area contributed by atoms with Crippen molar-refractivity contribution in [3.05, 3.63) is 17.8 Å². The molecule has 0 amide bonds. The van der Waals surface area contributed by atoms with Gasteiger partial charge in [0.15, 0.2) is 5.89 Å². The quantitative estimate of drug-likeness (QED) is 0.872. The predicted molar refractivity (Wildman–Crippen MR) is 60.0 cm³/mol. The van der Waals surface area contributed by atoms with Crippen LogP contribution in [0, 0.1) is 0 Å². The average Bonchev–Trinajstić information content (AvgIpc) is 2.80. The summed E-state index contributed by atoms with van der Waals surface area (Å²) < 4.78 is 10.7. The van der Waals surface area contributed by atoms with Gasteiger partial charge in [-0.05, 0) is 26.7 Å². The zero-order valence-corrected chi connectivity index (χ0v) is 10.1. The second kappa shape index (κ2) is 4.49. The summed E-state index contributed by atoms with van der Waals surface area (Å²) in [4.78, 5) is 15.4. The van der Waals surface area contributed by atoms with Crippen molar-refractivity contribution in [1.29, 1.82) is 0 Å². The number of carbonyl (C=O) groups is 1. The Bertz CT molecular complexity index is 404. The molecule has 0 bridgehead atoms. The molecular weight excluding hydrogens is 222 g/mol. The van der Waals surface area contributed by atoms with Crippen molar-refractivity contribution in [2.45, 2.75) is 38.0 Å². The van der Waals surface area contributed by atoms with Gasteiger partial charge in [-0.25, -0.2) is 4.98 Å². The summed E-state index contributed by atoms with van der Waals surface area (Å²) in [5.41, 5.74) is -0.529. The van der Waals surface area contributed by atoms with Crippen LogP contribution in [0.25, 0.3) is 0 Å². The van der Waals surface area contributed by atoms with Crippen molar-refractivity contribution < 1.29 is 19.1 Å². The lowest BCUT2D eigenvalue weighted by Crippen LogP contribution is -2.29. The SMILES string of the molecule is CC(C)(C(=O)O)c1coc(C2CCOCC2)n1. The third kappa shape index (κ3) is 2.34. The number of carboxylic acid groups (broad SMARTS) is 1. The molecule has 2 heterocycles. The summed E-state index contributed by atoms with van der Waals surface area (Å²) in [6, 6.07) is 0. The van der Waals surface area contributed by atoms with Gasteiger partial charge >= 0.3 is 5.97 Å². The molecule has 1 aromatic heterocycles. The molecular formula is C12H17NO4. The Morgan fingerprint density at radius 3 is 2.71 bits per heavy atom. The first-order valence-electron chi connectivity index (χ1n) is 5.79. The van der Waals surface area contributed by atoms with Crippen molar-refractivity contribution in [3.8, 4) is 0 Å². The van der Waals surface area contributed by atoms with Crippen LogP contribution in [0.5, 0.6) is 0 Å². The van der Waals surface area contributed by atoms with E-state index in [1.807, 2.05) is 0 Å². The number of rotatable bonds is 3. The van der Waals surface area contributed by atoms with Crippen LogP contribution in [0.1, 0.15) is 44.2 Å². The van der Waals surface area contributed by atoms with Crippen LogP contribution in [0.4, 0.5) is 0 Å². The van der Waals surface area contributed by atoms with Gasteiger partial charge in [-0.15, -0.1) is 0 Å². The highest BCUT2D eigenvalue weighted by molar-refractivity contribution is 5.79. The minimum atomic E-state index is -1.01. The van der Waals surface area contributed by atoms with E-state index < -0.39 is 11.4 Å². The van der Waals surface area contributed by atoms with Crippen LogP contribution in [-0.2, 0) is 14.9 Å². The highest BCUT2D eigenvalue weighted by atomic mass is 16.5. The number of carboxylic acids is 1. The fraction of sp³-hybridized carbons (Fsp3) is 0.667. The normalized spacial score (nSPS) is 18.2. The first-order chi connectivity index (χ1) is 8.01. The Morgan fingerprint density at radius 1 is 1.47 bits per heavy atom. The van der Waals surface area contributed by atoms with Gasteiger partial charge in [0.1, 0.15) is 11.7 Å². The Kier molecular flexibility index (Phi) is 3.19. The largest absolute Gasteiger partial charge is 0.481 e. The molecule has 0 aliphatic carbocycles. The summed E-state index contributed by atoms with van der Waals surface area (Å²) in [5.74, 6) is -0.0101. The zero-order chi connectivity index (χ0) is 12.5. The molecule has 1 fully saturated rings. The maximum absolute atomic E-state index is 11.1. The number of aliphatic carboxylic acids is 1. The second-order valence-electron chi connectivity index (χ2n) is 4.89. The van der Waals surface area contributed by atoms with Crippen LogP contribution < -0.4 is 0 Å². The Hall–Kier alpha value is -1.36. The summed E-state index contributed by atoms with van der Waals surface area (Å²) in [5, 5.41) is 9.11. The van der Waals surface area contributed by atoms with E-state index in [-0.39, 0.29) is 5.92 Å². The third-order valence-corrected chi connectivity index (χ3v) is 3.27. The lowest BCUT2D eigenvalue weighted by molar-refractivity contribution is -0.142. The van der Waals surface area contributed by atoms with Crippen LogP contribution in [-0.4, -0.2) is 29.3 Å². The molecule has 1 aromatic rings. The zero-order valence-electron chi connectivity index (χ0n) is 10.1. The highest BCUT2D eigenvalue weighted by Gasteiger charge is 2.34. The van der Waals surface area contributed by atoms with E-state index in [1.165, 1.54) is 6.26 Å². The van der Waals surface area contributed by atoms with Gasteiger partial charge < -0.3 is 14.3 Å². The molecule has 1 aliphatic heterocycles. The van der Waals surface area contributed by atoms with Crippen LogP contribution in [0.15, 0.2) is 10.7 Å². The molecule has 0 radical (unpaired) electrons. The number of oxazole rings is 1. The third-order valence-electron chi connectivity index (χ3n) is 3.27. The fourth-order valence-electron chi connectivity index (χ4n) is 1.82. The van der Waals surface area contributed by atoms with Gasteiger partial charge in [-0.3, -0.25) is 4.79 Å². The summed E-state index contributed by atoms with van der Waals surface area (Å²) in [6.07, 6.45) is 3.22. The van der Waals surface area contributed by atoms with Gasteiger partial charge in [-0.2, -0.15) is 0 Å². The monoisotopic (exact) mass is 239 g/mol. The summed E-state index contributed by atoms with van der Waals surface area (Å²) >= 11 is 0. The van der Waals surface area contributed by atoms with Gasteiger partial charge in [0.2, 0.25) is 0 Å². The van der Waals surface area contributed by atoms with Crippen LogP contribution in [0.3, 0.4) is 0 Å². The summed E-state index contributed by atoms with van der Waals surface area (Å²) in [6.45, 7) is 4.68. The van der Waals surface area contributed by atoms with E-state index in [2.05, 4.69) is 4.98 Å². The van der Waals surface area contributed by atoms with Crippen LogP contribution >= 0.6 is 0 Å². The van der Waals surface area contributed by atoms with E-state index >= 15 is 0 Å². The van der Waals surface area contributed by atoms with E-state index in [0.29, 0.717) is 24.8 Å². The molecule has 5 nitrogen and oxygen atoms in total. The standard InChI is InChI=1S/C12H17NO4/c1-12(2,11(14)15)9-7-17-10(13-9)8-3-5-16-6-4-8/h7-8H,3-6H2,1-2H3,(H,14,15). The minimum Gasteiger partial charge on any atom is -0.481 e. The fourth-order valence-corrected chi connectivity index (χ4v) is 1.82. The van der Waals surface area contributed by atoms with Gasteiger partial charge in [0.05, 0.1) is 5.69 Å². The lowest BCUT2D eigenvalue weighted by Gasteiger charge is -2.19. The van der Waals surface area contributed by atoms with E-state index in [9.17, 15) is 4.79 Å². The van der Waals surface area contributed by atoms with Crippen molar-refractivity contribution in [2.75, 3.05) is 13.2 Å². The van der Waals surface area contributed by atoms with E-state index in [1.54, 1.807) is 13.8 Å². The number of hydrogen-bond acceptors (Lipinski definition) is 4. The molecule has 1 N–H and O–H groups in total. The van der Waals surface area contributed by atoms with Gasteiger partial charge in [-0.1, -0.05) is 0 Å². The van der Waals surface area contributed by atoms with Crippen molar-refractivity contribution in [3.63, 3.8) is 0 Å². The van der Waals surface area contributed by atoms with Crippen molar-refractivity contribution >= 4 is 5.97 Å². The molecule has 0 aromatic carbocycles. The lowest BCUT2D eigenvalue weighted by atomic mass is 9.90. The number of hydrogen-bond donors (Lipinski definition) is 1. The van der Waals surface area contributed by atoms with E-state index in [0.717, 1.165) is 12.8 Å². The maximum Gasteiger partial charge on any atom is 0.315 e. The molecule has 0 saturated carbocycles. The molecule has 1 aliphatic rings.